The first-order valence-electron chi connectivity index (χ1n) is 5.81. The van der Waals surface area contributed by atoms with Crippen molar-refractivity contribution in [3.8, 4) is 0 Å². The molecule has 1 aromatic carbocycles. The Morgan fingerprint density at radius 1 is 1.21 bits per heavy atom. The van der Waals surface area contributed by atoms with Crippen LogP contribution in [-0.2, 0) is 13.2 Å². The Hall–Kier alpha value is -2.01. The average molecular weight is 264 g/mol. The number of benzene rings is 1. The molecule has 19 heavy (non-hydrogen) atoms. The van der Waals surface area contributed by atoms with Gasteiger partial charge in [-0.05, 0) is 12.1 Å². The number of nitrogens with zero attached hydrogens (tertiary/aromatic N) is 2. The van der Waals surface area contributed by atoms with E-state index in [0.29, 0.717) is 16.9 Å². The van der Waals surface area contributed by atoms with Gasteiger partial charge in [-0.2, -0.15) is 0 Å². The zero-order chi connectivity index (χ0) is 13.8. The lowest BCUT2D eigenvalue weighted by atomic mass is 10.2. The van der Waals surface area contributed by atoms with E-state index in [1.165, 1.54) is 12.1 Å². The van der Waals surface area contributed by atoms with E-state index in [9.17, 15) is 13.9 Å². The number of pyridine rings is 1. The van der Waals surface area contributed by atoms with E-state index in [1.807, 2.05) is 0 Å². The van der Waals surface area contributed by atoms with Gasteiger partial charge >= 0.3 is 0 Å². The summed E-state index contributed by atoms with van der Waals surface area (Å²) < 4.78 is 26.6. The van der Waals surface area contributed by atoms with Crippen LogP contribution in [0.15, 0.2) is 36.5 Å². The molecule has 0 amide bonds. The van der Waals surface area contributed by atoms with Crippen molar-refractivity contribution in [3.63, 3.8) is 0 Å². The lowest BCUT2D eigenvalue weighted by Gasteiger charge is -2.21. The van der Waals surface area contributed by atoms with E-state index < -0.39 is 5.82 Å². The molecule has 0 atom stereocenters. The molecule has 0 unspecified atom stereocenters. The van der Waals surface area contributed by atoms with Crippen LogP contribution in [0.5, 0.6) is 0 Å². The molecule has 2 rings (SSSR count). The number of hydrogen-bond acceptors (Lipinski definition) is 3. The summed E-state index contributed by atoms with van der Waals surface area (Å²) in [4.78, 5) is 5.61. The molecule has 3 nitrogen and oxygen atoms in total. The molecule has 0 aliphatic heterocycles. The summed E-state index contributed by atoms with van der Waals surface area (Å²) in [5, 5.41) is 9.21. The molecule has 1 heterocycles. The third kappa shape index (κ3) is 3.06. The fourth-order valence-electron chi connectivity index (χ4n) is 1.89. The van der Waals surface area contributed by atoms with Crippen LogP contribution in [0.1, 0.15) is 11.1 Å². The predicted molar refractivity (Wildman–Crippen MR) is 68.6 cm³/mol. The van der Waals surface area contributed by atoms with Crippen LogP contribution >= 0.6 is 0 Å². The number of rotatable bonds is 4. The van der Waals surface area contributed by atoms with Gasteiger partial charge in [0.25, 0.3) is 0 Å². The maximum absolute atomic E-state index is 13.6. The number of anilines is 1. The van der Waals surface area contributed by atoms with Crippen molar-refractivity contribution in [2.75, 3.05) is 11.9 Å². The number of aliphatic hydroxyl groups is 1. The highest BCUT2D eigenvalue weighted by Crippen LogP contribution is 2.20. The van der Waals surface area contributed by atoms with E-state index in [2.05, 4.69) is 4.98 Å². The van der Waals surface area contributed by atoms with Gasteiger partial charge in [0.15, 0.2) is 0 Å². The second kappa shape index (κ2) is 5.75. The van der Waals surface area contributed by atoms with Crippen LogP contribution in [0.3, 0.4) is 0 Å². The summed E-state index contributed by atoms with van der Waals surface area (Å²) in [6.07, 6.45) is 1.08. The van der Waals surface area contributed by atoms with Gasteiger partial charge in [0.1, 0.15) is 17.5 Å². The second-order valence-electron chi connectivity index (χ2n) is 4.24. The van der Waals surface area contributed by atoms with Crippen LogP contribution in [0.25, 0.3) is 0 Å². The molecular formula is C14H14F2N2O. The molecule has 100 valence electrons. The minimum absolute atomic E-state index is 0.290. The molecule has 0 saturated carbocycles. The van der Waals surface area contributed by atoms with Gasteiger partial charge in [0, 0.05) is 24.7 Å². The molecule has 1 N–H and O–H groups in total. The first-order chi connectivity index (χ1) is 9.11. The van der Waals surface area contributed by atoms with E-state index in [1.54, 1.807) is 30.1 Å². The van der Waals surface area contributed by atoms with Crippen molar-refractivity contribution < 1.29 is 13.9 Å². The molecule has 0 spiro atoms. The molecule has 1 aromatic heterocycles. The highest BCUT2D eigenvalue weighted by Gasteiger charge is 2.12. The van der Waals surface area contributed by atoms with Crippen molar-refractivity contribution >= 4 is 5.82 Å². The minimum Gasteiger partial charge on any atom is -0.392 e. The Morgan fingerprint density at radius 2 is 1.95 bits per heavy atom. The summed E-state index contributed by atoms with van der Waals surface area (Å²) >= 11 is 0. The highest BCUT2D eigenvalue weighted by atomic mass is 19.1. The molecule has 0 aliphatic rings. The predicted octanol–water partition coefficient (Wildman–Crippen LogP) is 2.49. The largest absolute Gasteiger partial charge is 0.392 e. The highest BCUT2D eigenvalue weighted by molar-refractivity contribution is 5.46. The van der Waals surface area contributed by atoms with E-state index >= 15 is 0 Å². The maximum Gasteiger partial charge on any atom is 0.142 e. The Balaban J connectivity index is 2.25. The first-order valence-corrected chi connectivity index (χ1v) is 5.81. The topological polar surface area (TPSA) is 36.4 Å². The van der Waals surface area contributed by atoms with Gasteiger partial charge in [0.2, 0.25) is 0 Å². The quantitative estimate of drug-likeness (QED) is 0.921. The fraction of sp³-hybridized carbons (Fsp3) is 0.214. The standard InChI is InChI=1S/C14H14F2N2O/c1-18(8-10-4-2-3-5-13(10)16)14-11(9-19)6-12(15)7-17-14/h2-7,19H,8-9H2,1H3. The van der Waals surface area contributed by atoms with Gasteiger partial charge in [-0.25, -0.2) is 13.8 Å². The summed E-state index contributed by atoms with van der Waals surface area (Å²) in [5.74, 6) is -0.374. The molecule has 2 aromatic rings. The van der Waals surface area contributed by atoms with Crippen LogP contribution in [0, 0.1) is 11.6 Å². The summed E-state index contributed by atoms with van der Waals surface area (Å²) in [7, 11) is 1.71. The third-order valence-electron chi connectivity index (χ3n) is 2.81. The molecule has 0 aliphatic carbocycles. The van der Waals surface area contributed by atoms with Gasteiger partial charge in [-0.3, -0.25) is 0 Å². The molecular weight excluding hydrogens is 250 g/mol. The lowest BCUT2D eigenvalue weighted by Crippen LogP contribution is -2.20. The zero-order valence-corrected chi connectivity index (χ0v) is 10.5. The Kier molecular flexibility index (Phi) is 4.06. The van der Waals surface area contributed by atoms with Crippen molar-refractivity contribution in [1.29, 1.82) is 0 Å². The summed E-state index contributed by atoms with van der Waals surface area (Å²) in [5.41, 5.74) is 0.888. The van der Waals surface area contributed by atoms with Gasteiger partial charge < -0.3 is 10.0 Å². The number of halogens is 2. The molecule has 0 bridgehead atoms. The van der Waals surface area contributed by atoms with Crippen LogP contribution in [0.2, 0.25) is 0 Å². The lowest BCUT2D eigenvalue weighted by molar-refractivity contribution is 0.281. The Labute approximate surface area is 110 Å². The normalized spacial score (nSPS) is 10.5. The Bertz CT molecular complexity index is 575. The van der Waals surface area contributed by atoms with Crippen molar-refractivity contribution in [2.45, 2.75) is 13.2 Å². The monoisotopic (exact) mass is 264 g/mol. The average Bonchev–Trinajstić information content (AvgIpc) is 2.41. The van der Waals surface area contributed by atoms with E-state index in [0.717, 1.165) is 6.20 Å². The van der Waals surface area contributed by atoms with Gasteiger partial charge in [0.05, 0.1) is 12.8 Å². The second-order valence-corrected chi connectivity index (χ2v) is 4.24. The van der Waals surface area contributed by atoms with E-state index in [-0.39, 0.29) is 19.0 Å². The summed E-state index contributed by atoms with van der Waals surface area (Å²) in [6.45, 7) is -0.0278. The number of aromatic nitrogens is 1. The molecule has 0 radical (unpaired) electrons. The van der Waals surface area contributed by atoms with Crippen LogP contribution < -0.4 is 4.90 Å². The SMILES string of the molecule is CN(Cc1ccccc1F)c1ncc(F)cc1CO. The summed E-state index contributed by atoms with van der Waals surface area (Å²) in [6, 6.07) is 7.65. The molecule has 0 saturated heterocycles. The van der Waals surface area contributed by atoms with Gasteiger partial charge in [-0.1, -0.05) is 18.2 Å². The van der Waals surface area contributed by atoms with Crippen molar-refractivity contribution in [1.82, 2.24) is 4.98 Å². The van der Waals surface area contributed by atoms with Crippen LogP contribution in [-0.4, -0.2) is 17.1 Å². The van der Waals surface area contributed by atoms with E-state index in [4.69, 9.17) is 0 Å². The number of hydrogen-bond donors (Lipinski definition) is 1. The maximum atomic E-state index is 13.6. The van der Waals surface area contributed by atoms with Crippen LogP contribution in [0.4, 0.5) is 14.6 Å². The fourth-order valence-corrected chi connectivity index (χ4v) is 1.89. The minimum atomic E-state index is -0.507. The molecule has 5 heteroatoms. The zero-order valence-electron chi connectivity index (χ0n) is 10.5. The third-order valence-corrected chi connectivity index (χ3v) is 2.81. The van der Waals surface area contributed by atoms with Crippen molar-refractivity contribution in [3.05, 3.63) is 59.3 Å². The number of aliphatic hydroxyl groups excluding tert-OH is 1. The Morgan fingerprint density at radius 3 is 2.63 bits per heavy atom. The molecule has 0 fully saturated rings. The smallest absolute Gasteiger partial charge is 0.142 e. The first kappa shape index (κ1) is 13.4. The van der Waals surface area contributed by atoms with Gasteiger partial charge in [-0.15, -0.1) is 0 Å². The van der Waals surface area contributed by atoms with Crippen molar-refractivity contribution in [2.24, 2.45) is 0 Å².